The van der Waals surface area contributed by atoms with Crippen LogP contribution in [0.1, 0.15) is 9.49 Å². The van der Waals surface area contributed by atoms with Crippen LogP contribution in [0, 0.1) is 0 Å². The molecule has 2 atom stereocenters. The van der Waals surface area contributed by atoms with Crippen molar-refractivity contribution in [2.24, 2.45) is 0 Å². The third-order valence-electron chi connectivity index (χ3n) is 2.02. The quantitative estimate of drug-likeness (QED) is 0.589. The summed E-state index contributed by atoms with van der Waals surface area (Å²) in [5, 5.41) is 10.2. The molecule has 0 spiro atoms. The molecule has 0 radical (unpaired) electrons. The van der Waals surface area contributed by atoms with Crippen LogP contribution in [0.3, 0.4) is 0 Å². The van der Waals surface area contributed by atoms with E-state index in [4.69, 9.17) is 16.3 Å². The van der Waals surface area contributed by atoms with Crippen molar-refractivity contribution in [3.63, 3.8) is 0 Å². The normalized spacial score (nSPS) is 26.4. The molecule has 1 aromatic carbocycles. The second kappa shape index (κ2) is 3.63. The zero-order chi connectivity index (χ0) is 9.42. The van der Waals surface area contributed by atoms with Gasteiger partial charge in [-0.3, -0.25) is 0 Å². The first-order chi connectivity index (χ1) is 6.18. The van der Waals surface area contributed by atoms with Crippen LogP contribution >= 0.6 is 34.2 Å². The number of ether oxygens (including phenoxy) is 1. The van der Waals surface area contributed by atoms with Crippen LogP contribution in [0.25, 0.3) is 0 Å². The molecule has 0 aromatic heterocycles. The molecule has 0 amide bonds. The van der Waals surface area contributed by atoms with Gasteiger partial charge >= 0.3 is 0 Å². The highest BCUT2D eigenvalue weighted by Gasteiger charge is 2.27. The molecule has 0 fully saturated rings. The van der Waals surface area contributed by atoms with Gasteiger partial charge in [0, 0.05) is 10.6 Å². The average molecular weight is 311 g/mol. The molecule has 70 valence electrons. The van der Waals surface area contributed by atoms with Crippen LogP contribution in [-0.4, -0.2) is 17.8 Å². The molecular formula is C9H8ClIO2. The largest absolute Gasteiger partial charge is 0.491 e. The molecule has 13 heavy (non-hydrogen) atoms. The van der Waals surface area contributed by atoms with Gasteiger partial charge in [0.05, 0.1) is 3.92 Å². The number of halogens is 2. The summed E-state index contributed by atoms with van der Waals surface area (Å²) in [6.45, 7) is 0.363. The van der Waals surface area contributed by atoms with Crippen molar-refractivity contribution in [3.05, 3.63) is 28.8 Å². The molecule has 0 aliphatic carbocycles. The zero-order valence-corrected chi connectivity index (χ0v) is 9.62. The van der Waals surface area contributed by atoms with Crippen molar-refractivity contribution in [1.82, 2.24) is 0 Å². The lowest BCUT2D eigenvalue weighted by molar-refractivity contribution is 0.0933. The van der Waals surface area contributed by atoms with E-state index in [0.717, 1.165) is 11.3 Å². The van der Waals surface area contributed by atoms with Gasteiger partial charge in [0.2, 0.25) is 0 Å². The van der Waals surface area contributed by atoms with Crippen LogP contribution in [0.5, 0.6) is 5.75 Å². The van der Waals surface area contributed by atoms with Crippen LogP contribution in [-0.2, 0) is 0 Å². The monoisotopic (exact) mass is 310 g/mol. The minimum Gasteiger partial charge on any atom is -0.491 e. The maximum absolute atomic E-state index is 9.54. The molecule has 0 saturated carbocycles. The van der Waals surface area contributed by atoms with Gasteiger partial charge in [-0.2, -0.15) is 0 Å². The van der Waals surface area contributed by atoms with E-state index in [1.165, 1.54) is 0 Å². The summed E-state index contributed by atoms with van der Waals surface area (Å²) in [5.74, 6) is 0.828. The van der Waals surface area contributed by atoms with Crippen molar-refractivity contribution in [2.75, 3.05) is 6.61 Å². The standard InChI is InChI=1S/C9H8ClIO2/c10-5-1-2-8-6(3-5)9(11)7(12)4-13-8/h1-3,7,9,12H,4H2/t7-,9+/m1/s1. The number of hydrogen-bond acceptors (Lipinski definition) is 2. The fraction of sp³-hybridized carbons (Fsp3) is 0.333. The first-order valence-electron chi connectivity index (χ1n) is 3.93. The smallest absolute Gasteiger partial charge is 0.123 e. The predicted molar refractivity (Wildman–Crippen MR) is 59.7 cm³/mol. The van der Waals surface area contributed by atoms with E-state index in [-0.39, 0.29) is 3.92 Å². The number of aliphatic hydroxyl groups excluding tert-OH is 1. The SMILES string of the molecule is O[C@@H]1COc2ccc(Cl)cc2[C@@H]1I. The Bertz CT molecular complexity index is 329. The van der Waals surface area contributed by atoms with Gasteiger partial charge in [-0.05, 0) is 18.2 Å². The molecule has 1 N–H and O–H groups in total. The first-order valence-corrected chi connectivity index (χ1v) is 5.55. The van der Waals surface area contributed by atoms with Gasteiger partial charge in [-0.15, -0.1) is 0 Å². The second-order valence-electron chi connectivity index (χ2n) is 2.96. The molecule has 0 saturated heterocycles. The number of benzene rings is 1. The Morgan fingerprint density at radius 3 is 3.08 bits per heavy atom. The van der Waals surface area contributed by atoms with Crippen molar-refractivity contribution in [1.29, 1.82) is 0 Å². The minimum atomic E-state index is -0.438. The van der Waals surface area contributed by atoms with Gasteiger partial charge in [-0.1, -0.05) is 34.2 Å². The van der Waals surface area contributed by atoms with E-state index < -0.39 is 6.10 Å². The average Bonchev–Trinajstić information content (AvgIpc) is 2.12. The number of alkyl halides is 1. The molecule has 1 heterocycles. The minimum absolute atomic E-state index is 0.0695. The van der Waals surface area contributed by atoms with Crippen LogP contribution < -0.4 is 4.74 Å². The molecule has 4 heteroatoms. The van der Waals surface area contributed by atoms with E-state index >= 15 is 0 Å². The van der Waals surface area contributed by atoms with Crippen molar-refractivity contribution in [3.8, 4) is 5.75 Å². The zero-order valence-electron chi connectivity index (χ0n) is 6.71. The molecule has 1 aliphatic heterocycles. The lowest BCUT2D eigenvalue weighted by atomic mass is 10.0. The molecule has 2 nitrogen and oxygen atoms in total. The Hall–Kier alpha value is -0.000000000000000111. The van der Waals surface area contributed by atoms with E-state index in [9.17, 15) is 5.11 Å². The summed E-state index contributed by atoms with van der Waals surface area (Å²) in [6, 6.07) is 5.48. The summed E-state index contributed by atoms with van der Waals surface area (Å²) in [5.41, 5.74) is 0.979. The van der Waals surface area contributed by atoms with Gasteiger partial charge < -0.3 is 9.84 Å². The number of fused-ring (bicyclic) bond motifs is 1. The lowest BCUT2D eigenvalue weighted by Gasteiger charge is -2.26. The molecule has 2 rings (SSSR count). The maximum Gasteiger partial charge on any atom is 0.123 e. The van der Waals surface area contributed by atoms with E-state index in [1.807, 2.05) is 12.1 Å². The van der Waals surface area contributed by atoms with E-state index in [1.54, 1.807) is 6.07 Å². The van der Waals surface area contributed by atoms with Gasteiger partial charge in [0.25, 0.3) is 0 Å². The van der Waals surface area contributed by atoms with Gasteiger partial charge in [-0.25, -0.2) is 0 Å². The first kappa shape index (κ1) is 9.55. The van der Waals surface area contributed by atoms with Crippen LogP contribution in [0.4, 0.5) is 0 Å². The Morgan fingerprint density at radius 2 is 2.31 bits per heavy atom. The van der Waals surface area contributed by atoms with Gasteiger partial charge in [0.15, 0.2) is 0 Å². The third kappa shape index (κ3) is 1.78. The van der Waals surface area contributed by atoms with Crippen LogP contribution in [0.15, 0.2) is 18.2 Å². The second-order valence-corrected chi connectivity index (χ2v) is 4.74. The van der Waals surface area contributed by atoms with Crippen LogP contribution in [0.2, 0.25) is 5.02 Å². The van der Waals surface area contributed by atoms with Crippen molar-refractivity contribution >= 4 is 34.2 Å². The Labute approximate surface area is 95.0 Å². The number of rotatable bonds is 0. The number of hydrogen-bond donors (Lipinski definition) is 1. The molecular weight excluding hydrogens is 302 g/mol. The summed E-state index contributed by atoms with van der Waals surface area (Å²) in [4.78, 5) is 0. The molecule has 0 unspecified atom stereocenters. The fourth-order valence-electron chi connectivity index (χ4n) is 1.33. The highest BCUT2D eigenvalue weighted by molar-refractivity contribution is 14.1. The summed E-state index contributed by atoms with van der Waals surface area (Å²) < 4.78 is 5.42. The Kier molecular flexibility index (Phi) is 2.67. The Morgan fingerprint density at radius 1 is 1.54 bits per heavy atom. The highest BCUT2D eigenvalue weighted by atomic mass is 127. The maximum atomic E-state index is 9.54. The third-order valence-corrected chi connectivity index (χ3v) is 3.75. The van der Waals surface area contributed by atoms with Crippen molar-refractivity contribution < 1.29 is 9.84 Å². The topological polar surface area (TPSA) is 29.5 Å². The predicted octanol–water partition coefficient (Wildman–Crippen LogP) is 2.57. The highest BCUT2D eigenvalue weighted by Crippen LogP contribution is 2.39. The molecule has 1 aromatic rings. The molecule has 0 bridgehead atoms. The fourth-order valence-corrected chi connectivity index (χ4v) is 2.21. The summed E-state index contributed by atoms with van der Waals surface area (Å²) in [7, 11) is 0. The lowest BCUT2D eigenvalue weighted by Crippen LogP contribution is -2.27. The van der Waals surface area contributed by atoms with E-state index in [0.29, 0.717) is 11.6 Å². The molecule has 1 aliphatic rings. The van der Waals surface area contributed by atoms with Gasteiger partial charge in [0.1, 0.15) is 18.5 Å². The van der Waals surface area contributed by atoms with E-state index in [2.05, 4.69) is 22.6 Å². The Balaban J connectivity index is 2.45. The van der Waals surface area contributed by atoms with Crippen molar-refractivity contribution in [2.45, 2.75) is 10.0 Å². The summed E-state index contributed by atoms with van der Waals surface area (Å²) >= 11 is 8.05. The summed E-state index contributed by atoms with van der Waals surface area (Å²) in [6.07, 6.45) is -0.438. The number of aliphatic hydroxyl groups is 1.